The van der Waals surface area contributed by atoms with Crippen molar-refractivity contribution in [2.75, 3.05) is 31.1 Å². The number of benzene rings is 2. The minimum Gasteiger partial charge on any atom is -0.354 e. The van der Waals surface area contributed by atoms with Crippen molar-refractivity contribution >= 4 is 26.6 Å². The molecule has 0 radical (unpaired) electrons. The van der Waals surface area contributed by atoms with Crippen LogP contribution in [0.25, 0.3) is 16.6 Å². The molecule has 4 aromatic rings. The molecule has 1 fully saturated rings. The lowest BCUT2D eigenvalue weighted by atomic mass is 10.1. The van der Waals surface area contributed by atoms with Crippen molar-refractivity contribution in [3.63, 3.8) is 0 Å². The fraction of sp³-hybridized carbons (Fsp3) is 0.182. The van der Waals surface area contributed by atoms with Crippen LogP contribution in [0.15, 0.2) is 84.3 Å². The molecule has 8 heteroatoms. The number of nitrogens with zero attached hydrogens (tertiary/aromatic N) is 5. The Morgan fingerprint density at radius 1 is 0.733 bits per heavy atom. The molecule has 0 atom stereocenters. The Morgan fingerprint density at radius 2 is 1.43 bits per heavy atom. The number of hydrogen-bond acceptors (Lipinski definition) is 5. The number of piperazine rings is 1. The molecule has 0 saturated carbocycles. The van der Waals surface area contributed by atoms with Gasteiger partial charge in [-0.3, -0.25) is 0 Å². The molecule has 2 aromatic heterocycles. The third kappa shape index (κ3) is 3.44. The van der Waals surface area contributed by atoms with Crippen LogP contribution < -0.4 is 4.90 Å². The average molecular weight is 420 g/mol. The zero-order valence-corrected chi connectivity index (χ0v) is 17.1. The monoisotopic (exact) mass is 419 g/mol. The number of fused-ring (bicyclic) bond motifs is 1. The van der Waals surface area contributed by atoms with Crippen molar-refractivity contribution in [3.05, 3.63) is 79.4 Å². The van der Waals surface area contributed by atoms with Gasteiger partial charge < -0.3 is 9.47 Å². The van der Waals surface area contributed by atoms with Crippen molar-refractivity contribution in [2.45, 2.75) is 4.90 Å². The van der Waals surface area contributed by atoms with E-state index < -0.39 is 10.0 Å². The highest BCUT2D eigenvalue weighted by Gasteiger charge is 2.29. The van der Waals surface area contributed by atoms with Crippen molar-refractivity contribution in [3.8, 4) is 5.82 Å². The lowest BCUT2D eigenvalue weighted by molar-refractivity contribution is 0.384. The third-order valence-electron chi connectivity index (χ3n) is 5.43. The van der Waals surface area contributed by atoms with Crippen molar-refractivity contribution in [2.24, 2.45) is 0 Å². The molecule has 3 heterocycles. The van der Waals surface area contributed by atoms with Gasteiger partial charge in [-0.25, -0.2) is 18.4 Å². The maximum Gasteiger partial charge on any atom is 0.243 e. The molecular formula is C22H21N5O2S. The minimum atomic E-state index is -3.53. The predicted molar refractivity (Wildman–Crippen MR) is 116 cm³/mol. The molecular weight excluding hydrogens is 398 g/mol. The Bertz CT molecular complexity index is 1280. The molecule has 0 N–H and O–H groups in total. The van der Waals surface area contributed by atoms with Crippen LogP contribution in [0.1, 0.15) is 0 Å². The number of sulfonamides is 1. The topological polar surface area (TPSA) is 71.3 Å². The van der Waals surface area contributed by atoms with Gasteiger partial charge in [-0.2, -0.15) is 4.31 Å². The highest BCUT2D eigenvalue weighted by atomic mass is 32.2. The van der Waals surface area contributed by atoms with Gasteiger partial charge in [0.25, 0.3) is 0 Å². The first-order chi connectivity index (χ1) is 14.6. The van der Waals surface area contributed by atoms with E-state index in [0.29, 0.717) is 31.1 Å². The second-order valence-corrected chi connectivity index (χ2v) is 9.16. The van der Waals surface area contributed by atoms with Crippen LogP contribution in [0.5, 0.6) is 0 Å². The first kappa shape index (κ1) is 18.8. The first-order valence-corrected chi connectivity index (χ1v) is 11.2. The summed E-state index contributed by atoms with van der Waals surface area (Å²) in [6, 6.07) is 18.9. The van der Waals surface area contributed by atoms with Gasteiger partial charge in [0.15, 0.2) is 0 Å². The number of rotatable bonds is 4. The third-order valence-corrected chi connectivity index (χ3v) is 7.32. The van der Waals surface area contributed by atoms with E-state index in [1.807, 2.05) is 65.5 Å². The summed E-state index contributed by atoms with van der Waals surface area (Å²) in [5.41, 5.74) is 0. The number of hydrogen-bond donors (Lipinski definition) is 0. The molecule has 0 spiro atoms. The normalized spacial score (nSPS) is 15.5. The van der Waals surface area contributed by atoms with Gasteiger partial charge in [0, 0.05) is 44.6 Å². The quantitative estimate of drug-likeness (QED) is 0.509. The largest absolute Gasteiger partial charge is 0.354 e. The van der Waals surface area contributed by atoms with Crippen molar-refractivity contribution in [1.29, 1.82) is 0 Å². The lowest BCUT2D eigenvalue weighted by Gasteiger charge is -2.34. The zero-order chi connectivity index (χ0) is 20.6. The summed E-state index contributed by atoms with van der Waals surface area (Å²) < 4.78 is 29.8. The Morgan fingerprint density at radius 3 is 2.20 bits per heavy atom. The second-order valence-electron chi connectivity index (χ2n) is 7.22. The Balaban J connectivity index is 1.33. The highest BCUT2D eigenvalue weighted by molar-refractivity contribution is 7.89. The Kier molecular flexibility index (Phi) is 4.72. The van der Waals surface area contributed by atoms with E-state index >= 15 is 0 Å². The number of anilines is 1. The van der Waals surface area contributed by atoms with Gasteiger partial charge in [0.05, 0.1) is 4.90 Å². The van der Waals surface area contributed by atoms with E-state index in [0.717, 1.165) is 22.4 Å². The molecule has 1 aliphatic rings. The fourth-order valence-electron chi connectivity index (χ4n) is 3.77. The van der Waals surface area contributed by atoms with Gasteiger partial charge in [0.1, 0.15) is 18.0 Å². The van der Waals surface area contributed by atoms with Crippen LogP contribution in [0.3, 0.4) is 0 Å². The summed E-state index contributed by atoms with van der Waals surface area (Å²) in [7, 11) is -3.53. The molecule has 1 saturated heterocycles. The molecule has 0 unspecified atom stereocenters. The van der Waals surface area contributed by atoms with Gasteiger partial charge in [-0.15, -0.1) is 0 Å². The van der Waals surface area contributed by atoms with Crippen LogP contribution in [-0.4, -0.2) is 53.4 Å². The van der Waals surface area contributed by atoms with Crippen LogP contribution in [-0.2, 0) is 10.0 Å². The van der Waals surface area contributed by atoms with Gasteiger partial charge in [0.2, 0.25) is 10.0 Å². The van der Waals surface area contributed by atoms with Gasteiger partial charge >= 0.3 is 0 Å². The van der Waals surface area contributed by atoms with E-state index in [1.54, 1.807) is 22.8 Å². The maximum atomic E-state index is 13.2. The molecule has 5 rings (SSSR count). The summed E-state index contributed by atoms with van der Waals surface area (Å²) in [6.07, 6.45) is 5.41. The second kappa shape index (κ2) is 7.55. The molecule has 2 aromatic carbocycles. The van der Waals surface area contributed by atoms with Crippen LogP contribution >= 0.6 is 0 Å². The summed E-state index contributed by atoms with van der Waals surface area (Å²) >= 11 is 0. The SMILES string of the molecule is O=S(=O)(c1ccc2ccccc2c1)N1CCN(c2cc(-n3cccc3)ncn2)CC1. The van der Waals surface area contributed by atoms with Crippen molar-refractivity contribution < 1.29 is 8.42 Å². The average Bonchev–Trinajstić information content (AvgIpc) is 3.34. The first-order valence-electron chi connectivity index (χ1n) is 9.80. The van der Waals surface area contributed by atoms with Gasteiger partial charge in [-0.05, 0) is 35.0 Å². The van der Waals surface area contributed by atoms with E-state index in [-0.39, 0.29) is 0 Å². The molecule has 1 aliphatic heterocycles. The predicted octanol–water partition coefficient (Wildman–Crippen LogP) is 2.93. The summed E-state index contributed by atoms with van der Waals surface area (Å²) in [5.74, 6) is 1.59. The molecule has 0 amide bonds. The van der Waals surface area contributed by atoms with E-state index in [2.05, 4.69) is 14.9 Å². The summed E-state index contributed by atoms with van der Waals surface area (Å²) in [6.45, 7) is 1.99. The molecule has 7 nitrogen and oxygen atoms in total. The van der Waals surface area contributed by atoms with E-state index in [4.69, 9.17) is 0 Å². The van der Waals surface area contributed by atoms with E-state index in [9.17, 15) is 8.42 Å². The number of aromatic nitrogens is 3. The molecule has 0 bridgehead atoms. The summed E-state index contributed by atoms with van der Waals surface area (Å²) in [5, 5.41) is 1.96. The standard InChI is InChI=1S/C22H21N5O2S/c28-30(29,20-8-7-18-5-1-2-6-19(18)15-20)27-13-11-26(12-14-27)22-16-21(23-17-24-22)25-9-3-4-10-25/h1-10,15-17H,11-14H2. The molecule has 152 valence electrons. The van der Waals surface area contributed by atoms with Crippen LogP contribution in [0, 0.1) is 0 Å². The lowest BCUT2D eigenvalue weighted by Crippen LogP contribution is -2.48. The summed E-state index contributed by atoms with van der Waals surface area (Å²) in [4.78, 5) is 11.1. The van der Waals surface area contributed by atoms with Crippen LogP contribution in [0.4, 0.5) is 5.82 Å². The Labute approximate surface area is 175 Å². The van der Waals surface area contributed by atoms with Gasteiger partial charge in [-0.1, -0.05) is 30.3 Å². The zero-order valence-electron chi connectivity index (χ0n) is 16.3. The molecule has 30 heavy (non-hydrogen) atoms. The fourth-order valence-corrected chi connectivity index (χ4v) is 5.23. The maximum absolute atomic E-state index is 13.2. The molecule has 0 aliphatic carbocycles. The Hall–Kier alpha value is -3.23. The smallest absolute Gasteiger partial charge is 0.243 e. The van der Waals surface area contributed by atoms with E-state index in [1.165, 1.54) is 0 Å². The highest BCUT2D eigenvalue weighted by Crippen LogP contribution is 2.24. The minimum absolute atomic E-state index is 0.339. The van der Waals surface area contributed by atoms with Crippen molar-refractivity contribution in [1.82, 2.24) is 18.8 Å². The van der Waals surface area contributed by atoms with Crippen LogP contribution in [0.2, 0.25) is 0 Å².